The molecule has 7 heteroatoms. The second kappa shape index (κ2) is 6.36. The second-order valence-corrected chi connectivity index (χ2v) is 3.73. The summed E-state index contributed by atoms with van der Waals surface area (Å²) in [6.45, 7) is 3.85. The Morgan fingerprint density at radius 1 is 1.71 bits per heavy atom. The summed E-state index contributed by atoms with van der Waals surface area (Å²) in [5.41, 5.74) is 0.881. The minimum Gasteiger partial charge on any atom is -0.353 e. The lowest BCUT2D eigenvalue weighted by Gasteiger charge is -2.09. The molecule has 0 saturated heterocycles. The van der Waals surface area contributed by atoms with Crippen molar-refractivity contribution in [1.29, 1.82) is 0 Å². The lowest BCUT2D eigenvalue weighted by atomic mass is 10.3. The molecule has 1 atom stereocenters. The zero-order chi connectivity index (χ0) is 11.4. The fourth-order valence-electron chi connectivity index (χ4n) is 1.56. The van der Waals surface area contributed by atoms with Crippen molar-refractivity contribution in [2.75, 3.05) is 13.1 Å². The Balaban J connectivity index is 0.00000144. The van der Waals surface area contributed by atoms with Crippen molar-refractivity contribution in [3.05, 3.63) is 24.0 Å². The molecule has 1 amide bonds. The van der Waals surface area contributed by atoms with E-state index in [1.54, 1.807) is 4.68 Å². The number of nitrogens with one attached hydrogen (secondary N) is 2. The van der Waals surface area contributed by atoms with E-state index in [0.29, 0.717) is 13.1 Å². The molecule has 1 aliphatic heterocycles. The summed E-state index contributed by atoms with van der Waals surface area (Å²) in [4.78, 5) is 11.6. The Bertz CT molecular complexity index is 403. The lowest BCUT2D eigenvalue weighted by Crippen LogP contribution is -2.41. The molecule has 1 aromatic rings. The molecule has 0 spiro atoms. The van der Waals surface area contributed by atoms with Crippen molar-refractivity contribution >= 4 is 18.3 Å². The Hall–Kier alpha value is -1.40. The Morgan fingerprint density at radius 3 is 3.12 bits per heavy atom. The van der Waals surface area contributed by atoms with Gasteiger partial charge in [0.2, 0.25) is 5.91 Å². The van der Waals surface area contributed by atoms with E-state index in [1.165, 1.54) is 0 Å². The summed E-state index contributed by atoms with van der Waals surface area (Å²) in [5.74, 6) is 0.00517. The Kier molecular flexibility index (Phi) is 5.11. The first-order valence-corrected chi connectivity index (χ1v) is 5.30. The first-order chi connectivity index (χ1) is 7.75. The number of hydrogen-bond donors (Lipinski definition) is 2. The third kappa shape index (κ3) is 3.83. The number of carbonyl (C=O) groups excluding carboxylic acids is 1. The molecule has 1 unspecified atom stereocenters. The van der Waals surface area contributed by atoms with E-state index in [2.05, 4.69) is 20.9 Å². The molecule has 2 N–H and O–H groups in total. The van der Waals surface area contributed by atoms with Gasteiger partial charge < -0.3 is 5.32 Å². The monoisotopic (exact) mass is 257 g/mol. The highest BCUT2D eigenvalue weighted by atomic mass is 35.5. The van der Waals surface area contributed by atoms with Gasteiger partial charge in [0, 0.05) is 19.3 Å². The van der Waals surface area contributed by atoms with Crippen molar-refractivity contribution in [3.8, 4) is 0 Å². The summed E-state index contributed by atoms with van der Waals surface area (Å²) in [6.07, 6.45) is 5.67. The molecule has 2 heterocycles. The van der Waals surface area contributed by atoms with Crippen LogP contribution in [-0.4, -0.2) is 40.0 Å². The summed E-state index contributed by atoms with van der Waals surface area (Å²) in [7, 11) is 0. The van der Waals surface area contributed by atoms with Gasteiger partial charge in [-0.05, 0) is 6.92 Å². The largest absolute Gasteiger partial charge is 0.353 e. The molecule has 17 heavy (non-hydrogen) atoms. The van der Waals surface area contributed by atoms with Crippen molar-refractivity contribution in [1.82, 2.24) is 25.6 Å². The highest BCUT2D eigenvalue weighted by molar-refractivity contribution is 5.85. The number of carbonyl (C=O) groups is 1. The fourth-order valence-corrected chi connectivity index (χ4v) is 1.56. The van der Waals surface area contributed by atoms with E-state index in [-0.39, 0.29) is 24.4 Å². The SMILES string of the molecule is Cc1cn(CCNC(=O)C2C=CCN2)nn1.Cl. The van der Waals surface area contributed by atoms with Crippen molar-refractivity contribution in [2.45, 2.75) is 19.5 Å². The van der Waals surface area contributed by atoms with Gasteiger partial charge in [-0.2, -0.15) is 0 Å². The number of aryl methyl sites for hydroxylation is 1. The molecule has 94 valence electrons. The maximum atomic E-state index is 11.6. The van der Waals surface area contributed by atoms with Gasteiger partial charge in [0.15, 0.2) is 0 Å². The molecule has 0 fully saturated rings. The number of halogens is 1. The van der Waals surface area contributed by atoms with Gasteiger partial charge in [-0.1, -0.05) is 17.4 Å². The topological polar surface area (TPSA) is 71.8 Å². The van der Waals surface area contributed by atoms with Crippen LogP contribution in [0.2, 0.25) is 0 Å². The summed E-state index contributed by atoms with van der Waals surface area (Å²) in [6, 6.07) is -0.183. The molecule has 0 radical (unpaired) electrons. The quantitative estimate of drug-likeness (QED) is 0.724. The third-order valence-corrected chi connectivity index (χ3v) is 2.36. The van der Waals surface area contributed by atoms with Gasteiger partial charge in [0.05, 0.1) is 12.2 Å². The predicted octanol–water partition coefficient (Wildman–Crippen LogP) is -0.347. The first-order valence-electron chi connectivity index (χ1n) is 5.30. The Labute approximate surface area is 106 Å². The van der Waals surface area contributed by atoms with Crippen LogP contribution in [0.1, 0.15) is 5.69 Å². The smallest absolute Gasteiger partial charge is 0.241 e. The van der Waals surface area contributed by atoms with E-state index in [4.69, 9.17) is 0 Å². The summed E-state index contributed by atoms with van der Waals surface area (Å²) >= 11 is 0. The van der Waals surface area contributed by atoms with E-state index in [1.807, 2.05) is 25.3 Å². The standard InChI is InChI=1S/C10H15N5O.ClH/c1-8-7-15(14-13-8)6-5-12-10(16)9-3-2-4-11-9;/h2-3,7,9,11H,4-6H2,1H3,(H,12,16);1H. The van der Waals surface area contributed by atoms with Gasteiger partial charge in [-0.15, -0.1) is 17.5 Å². The molecule has 0 aliphatic carbocycles. The maximum absolute atomic E-state index is 11.6. The highest BCUT2D eigenvalue weighted by Crippen LogP contribution is 1.94. The van der Waals surface area contributed by atoms with Crippen LogP contribution in [0.3, 0.4) is 0 Å². The number of amides is 1. The summed E-state index contributed by atoms with van der Waals surface area (Å²) in [5, 5.41) is 13.7. The van der Waals surface area contributed by atoms with Crippen LogP contribution in [0.15, 0.2) is 18.3 Å². The third-order valence-electron chi connectivity index (χ3n) is 2.36. The van der Waals surface area contributed by atoms with Gasteiger partial charge in [-0.25, -0.2) is 0 Å². The van der Waals surface area contributed by atoms with Crippen LogP contribution >= 0.6 is 12.4 Å². The number of hydrogen-bond acceptors (Lipinski definition) is 4. The molecule has 2 rings (SSSR count). The van der Waals surface area contributed by atoms with Crippen LogP contribution in [0, 0.1) is 6.92 Å². The minimum atomic E-state index is -0.183. The van der Waals surface area contributed by atoms with E-state index >= 15 is 0 Å². The average molecular weight is 258 g/mol. The second-order valence-electron chi connectivity index (χ2n) is 3.73. The van der Waals surface area contributed by atoms with Crippen LogP contribution < -0.4 is 10.6 Å². The van der Waals surface area contributed by atoms with E-state index in [9.17, 15) is 4.79 Å². The molecule has 0 aromatic carbocycles. The number of rotatable bonds is 4. The zero-order valence-corrected chi connectivity index (χ0v) is 10.4. The predicted molar refractivity (Wildman–Crippen MR) is 65.9 cm³/mol. The highest BCUT2D eigenvalue weighted by Gasteiger charge is 2.16. The minimum absolute atomic E-state index is 0. The lowest BCUT2D eigenvalue weighted by molar-refractivity contribution is -0.121. The van der Waals surface area contributed by atoms with Crippen molar-refractivity contribution in [2.24, 2.45) is 0 Å². The van der Waals surface area contributed by atoms with Gasteiger partial charge in [0.1, 0.15) is 6.04 Å². The first kappa shape index (κ1) is 13.7. The molecular formula is C10H16ClN5O. The zero-order valence-electron chi connectivity index (χ0n) is 9.59. The van der Waals surface area contributed by atoms with Crippen molar-refractivity contribution < 1.29 is 4.79 Å². The van der Waals surface area contributed by atoms with Crippen LogP contribution in [0.25, 0.3) is 0 Å². The molecule has 0 bridgehead atoms. The van der Waals surface area contributed by atoms with Crippen LogP contribution in [-0.2, 0) is 11.3 Å². The number of nitrogens with zero attached hydrogens (tertiary/aromatic N) is 3. The normalized spacial score (nSPS) is 17.8. The van der Waals surface area contributed by atoms with Crippen LogP contribution in [0.5, 0.6) is 0 Å². The molecular weight excluding hydrogens is 242 g/mol. The van der Waals surface area contributed by atoms with E-state index < -0.39 is 0 Å². The van der Waals surface area contributed by atoms with Crippen LogP contribution in [0.4, 0.5) is 0 Å². The number of aromatic nitrogens is 3. The molecule has 0 saturated carbocycles. The average Bonchev–Trinajstić information content (AvgIpc) is 2.89. The van der Waals surface area contributed by atoms with Crippen molar-refractivity contribution in [3.63, 3.8) is 0 Å². The molecule has 1 aliphatic rings. The summed E-state index contributed by atoms with van der Waals surface area (Å²) < 4.78 is 1.72. The fraction of sp³-hybridized carbons (Fsp3) is 0.500. The molecule has 1 aromatic heterocycles. The van der Waals surface area contributed by atoms with Gasteiger partial charge in [-0.3, -0.25) is 14.8 Å². The van der Waals surface area contributed by atoms with Gasteiger partial charge in [0.25, 0.3) is 0 Å². The maximum Gasteiger partial charge on any atom is 0.241 e. The Morgan fingerprint density at radius 2 is 2.53 bits per heavy atom. The molecule has 6 nitrogen and oxygen atoms in total. The van der Waals surface area contributed by atoms with E-state index in [0.717, 1.165) is 12.2 Å². The van der Waals surface area contributed by atoms with Gasteiger partial charge >= 0.3 is 0 Å².